The zero-order valence-corrected chi connectivity index (χ0v) is 15.3. The number of thiazole rings is 1. The molecule has 0 saturated heterocycles. The molecule has 0 aliphatic carbocycles. The average molecular weight is 377 g/mol. The molecule has 0 fully saturated rings. The van der Waals surface area contributed by atoms with Crippen molar-refractivity contribution in [1.82, 2.24) is 4.98 Å². The van der Waals surface area contributed by atoms with Gasteiger partial charge in [-0.3, -0.25) is 10.6 Å². The minimum absolute atomic E-state index is 0.284. The molecule has 0 bridgehead atoms. The van der Waals surface area contributed by atoms with E-state index in [4.69, 9.17) is 0 Å². The summed E-state index contributed by atoms with van der Waals surface area (Å²) in [6, 6.07) is 22.0. The molecule has 0 atom stereocenters. The molecule has 2 aromatic carbocycles. The summed E-state index contributed by atoms with van der Waals surface area (Å²) < 4.78 is 0. The van der Waals surface area contributed by atoms with Gasteiger partial charge < -0.3 is 0 Å². The van der Waals surface area contributed by atoms with Gasteiger partial charge in [-0.2, -0.15) is 0 Å². The van der Waals surface area contributed by atoms with Gasteiger partial charge in [0, 0.05) is 10.9 Å². The van der Waals surface area contributed by atoms with Crippen LogP contribution >= 0.6 is 22.7 Å². The zero-order valence-electron chi connectivity index (χ0n) is 13.7. The van der Waals surface area contributed by atoms with Crippen molar-refractivity contribution in [3.8, 4) is 22.4 Å². The second kappa shape index (κ2) is 7.51. The lowest BCUT2D eigenvalue weighted by atomic mass is 10.0. The highest BCUT2D eigenvalue weighted by Gasteiger charge is 2.09. The van der Waals surface area contributed by atoms with E-state index in [1.165, 1.54) is 33.8 Å². The molecule has 128 valence electrons. The maximum atomic E-state index is 12.0. The molecular formula is C20H15N3OS2. The Hall–Kier alpha value is -2.96. The van der Waals surface area contributed by atoms with Gasteiger partial charge in [0.25, 0.3) is 0 Å². The van der Waals surface area contributed by atoms with E-state index in [2.05, 4.69) is 39.9 Å². The third-order valence-electron chi connectivity index (χ3n) is 3.77. The van der Waals surface area contributed by atoms with E-state index in [0.717, 1.165) is 16.3 Å². The molecule has 4 nitrogen and oxygen atoms in total. The van der Waals surface area contributed by atoms with Crippen LogP contribution in [0, 0.1) is 0 Å². The number of aromatic nitrogens is 1. The number of amides is 2. The molecule has 2 aromatic heterocycles. The number of carbonyl (C=O) groups excluding carboxylic acids is 1. The smallest absolute Gasteiger partial charge is 0.299 e. The van der Waals surface area contributed by atoms with E-state index < -0.39 is 0 Å². The zero-order chi connectivity index (χ0) is 17.8. The minimum Gasteiger partial charge on any atom is -0.299 e. The maximum absolute atomic E-state index is 12.0. The molecule has 4 aromatic rings. The first kappa shape index (κ1) is 16.5. The van der Waals surface area contributed by atoms with Crippen LogP contribution in [-0.2, 0) is 0 Å². The Bertz CT molecular complexity index is 993. The summed E-state index contributed by atoms with van der Waals surface area (Å²) in [5.41, 5.74) is 4.22. The second-order valence-electron chi connectivity index (χ2n) is 5.54. The van der Waals surface area contributed by atoms with Crippen molar-refractivity contribution in [1.29, 1.82) is 0 Å². The van der Waals surface area contributed by atoms with Gasteiger partial charge in [0.05, 0.1) is 10.7 Å². The van der Waals surface area contributed by atoms with E-state index in [9.17, 15) is 4.79 Å². The van der Waals surface area contributed by atoms with Crippen LogP contribution in [0.15, 0.2) is 77.5 Å². The van der Waals surface area contributed by atoms with Gasteiger partial charge in [0.1, 0.15) is 0 Å². The fourth-order valence-electron chi connectivity index (χ4n) is 2.52. The highest BCUT2D eigenvalue weighted by Crippen LogP contribution is 2.27. The van der Waals surface area contributed by atoms with Crippen LogP contribution in [0.3, 0.4) is 0 Å². The van der Waals surface area contributed by atoms with E-state index in [1.807, 2.05) is 53.2 Å². The summed E-state index contributed by atoms with van der Waals surface area (Å²) in [6.07, 6.45) is 0. The Morgan fingerprint density at radius 1 is 0.769 bits per heavy atom. The fourth-order valence-corrected chi connectivity index (χ4v) is 3.84. The summed E-state index contributed by atoms with van der Waals surface area (Å²) >= 11 is 2.88. The molecule has 0 aliphatic heterocycles. The number of urea groups is 1. The van der Waals surface area contributed by atoms with Gasteiger partial charge in [0.15, 0.2) is 5.13 Å². The van der Waals surface area contributed by atoms with Crippen LogP contribution in [0.5, 0.6) is 0 Å². The number of thiophene rings is 1. The predicted octanol–water partition coefficient (Wildman–Crippen LogP) is 6.18. The van der Waals surface area contributed by atoms with Crippen LogP contribution in [0.1, 0.15) is 0 Å². The normalized spacial score (nSPS) is 10.5. The molecule has 2 heterocycles. The van der Waals surface area contributed by atoms with Gasteiger partial charge in [-0.25, -0.2) is 9.78 Å². The lowest BCUT2D eigenvalue weighted by molar-refractivity contribution is 0.262. The van der Waals surface area contributed by atoms with Crippen molar-refractivity contribution in [2.75, 3.05) is 10.6 Å². The molecule has 0 unspecified atom stereocenters. The number of nitrogens with zero attached hydrogens (tertiary/aromatic N) is 1. The van der Waals surface area contributed by atoms with Crippen molar-refractivity contribution in [2.45, 2.75) is 0 Å². The number of rotatable bonds is 4. The van der Waals surface area contributed by atoms with Gasteiger partial charge in [-0.1, -0.05) is 54.6 Å². The number of hydrogen-bond acceptors (Lipinski definition) is 4. The monoisotopic (exact) mass is 377 g/mol. The van der Waals surface area contributed by atoms with Crippen LogP contribution in [-0.4, -0.2) is 11.0 Å². The van der Waals surface area contributed by atoms with Crippen molar-refractivity contribution >= 4 is 38.8 Å². The Kier molecular flexibility index (Phi) is 4.77. The highest BCUT2D eigenvalue weighted by atomic mass is 32.1. The Labute approximate surface area is 159 Å². The molecule has 0 aliphatic rings. The van der Waals surface area contributed by atoms with Crippen LogP contribution < -0.4 is 10.6 Å². The van der Waals surface area contributed by atoms with Crippen molar-refractivity contribution in [3.05, 3.63) is 77.5 Å². The van der Waals surface area contributed by atoms with E-state index in [0.29, 0.717) is 5.13 Å². The predicted molar refractivity (Wildman–Crippen MR) is 110 cm³/mol. The van der Waals surface area contributed by atoms with Gasteiger partial charge in [0.2, 0.25) is 0 Å². The molecule has 6 heteroatoms. The Morgan fingerprint density at radius 2 is 1.50 bits per heavy atom. The van der Waals surface area contributed by atoms with Gasteiger partial charge in [-0.15, -0.1) is 22.7 Å². The third-order valence-corrected chi connectivity index (χ3v) is 5.31. The SMILES string of the molecule is O=C(Nc1cccs1)Nc1nc(-c2ccc(-c3ccccc3)cc2)cs1. The quantitative estimate of drug-likeness (QED) is 0.446. The average Bonchev–Trinajstić information content (AvgIpc) is 3.35. The lowest BCUT2D eigenvalue weighted by Crippen LogP contribution is -2.18. The number of hydrogen-bond donors (Lipinski definition) is 2. The molecule has 26 heavy (non-hydrogen) atoms. The summed E-state index contributed by atoms with van der Waals surface area (Å²) in [7, 11) is 0. The first-order chi connectivity index (χ1) is 12.8. The number of benzene rings is 2. The Morgan fingerprint density at radius 3 is 2.23 bits per heavy atom. The minimum atomic E-state index is -0.284. The first-order valence-corrected chi connectivity index (χ1v) is 9.77. The fraction of sp³-hybridized carbons (Fsp3) is 0. The lowest BCUT2D eigenvalue weighted by Gasteiger charge is -2.03. The van der Waals surface area contributed by atoms with E-state index in [-0.39, 0.29) is 6.03 Å². The molecule has 2 N–H and O–H groups in total. The topological polar surface area (TPSA) is 54.0 Å². The van der Waals surface area contributed by atoms with Gasteiger partial charge >= 0.3 is 6.03 Å². The van der Waals surface area contributed by atoms with Crippen LogP contribution in [0.2, 0.25) is 0 Å². The van der Waals surface area contributed by atoms with Gasteiger partial charge in [-0.05, 0) is 28.6 Å². The van der Waals surface area contributed by atoms with E-state index in [1.54, 1.807) is 0 Å². The molecular weight excluding hydrogens is 362 g/mol. The van der Waals surface area contributed by atoms with E-state index >= 15 is 0 Å². The largest absolute Gasteiger partial charge is 0.326 e. The molecule has 4 rings (SSSR count). The second-order valence-corrected chi connectivity index (χ2v) is 7.34. The van der Waals surface area contributed by atoms with Crippen molar-refractivity contribution in [3.63, 3.8) is 0 Å². The summed E-state index contributed by atoms with van der Waals surface area (Å²) in [5.74, 6) is 0. The van der Waals surface area contributed by atoms with Crippen molar-refractivity contribution < 1.29 is 4.79 Å². The molecule has 0 radical (unpaired) electrons. The number of carbonyl (C=O) groups is 1. The standard InChI is InChI=1S/C20H15N3OS2/c24-19(22-18-7-4-12-25-18)23-20-21-17(13-26-20)16-10-8-15(9-11-16)14-5-2-1-3-6-14/h1-13H,(H2,21,22,23,24). The first-order valence-electron chi connectivity index (χ1n) is 8.01. The molecule has 0 saturated carbocycles. The highest BCUT2D eigenvalue weighted by molar-refractivity contribution is 7.14. The van der Waals surface area contributed by atoms with Crippen LogP contribution in [0.25, 0.3) is 22.4 Å². The summed E-state index contributed by atoms with van der Waals surface area (Å²) in [5, 5.41) is 10.8. The van der Waals surface area contributed by atoms with Crippen LogP contribution in [0.4, 0.5) is 14.9 Å². The summed E-state index contributed by atoms with van der Waals surface area (Å²) in [6.45, 7) is 0. The maximum Gasteiger partial charge on any atom is 0.326 e. The molecule has 0 spiro atoms. The Balaban J connectivity index is 1.45. The molecule has 2 amide bonds. The number of anilines is 2. The third kappa shape index (κ3) is 3.82. The summed E-state index contributed by atoms with van der Waals surface area (Å²) in [4.78, 5) is 16.5. The van der Waals surface area contributed by atoms with Crippen molar-refractivity contribution in [2.24, 2.45) is 0 Å². The number of nitrogens with one attached hydrogen (secondary N) is 2.